The number of ether oxygens (including phenoxy) is 1. The second kappa shape index (κ2) is 10.8. The molecule has 25 heavy (non-hydrogen) atoms. The van der Waals surface area contributed by atoms with E-state index in [1.165, 1.54) is 0 Å². The van der Waals surface area contributed by atoms with Crippen LogP contribution in [0.1, 0.15) is 31.3 Å². The molecule has 0 aliphatic carbocycles. The highest BCUT2D eigenvalue weighted by Crippen LogP contribution is 2.18. The molecule has 2 N–H and O–H groups in total. The lowest BCUT2D eigenvalue weighted by molar-refractivity contribution is -0.134. The molecule has 144 valence electrons. The fourth-order valence-electron chi connectivity index (χ4n) is 2.64. The van der Waals surface area contributed by atoms with Crippen LogP contribution < -0.4 is 10.6 Å². The number of piperazine rings is 1. The van der Waals surface area contributed by atoms with E-state index in [-0.39, 0.29) is 37.3 Å². The van der Waals surface area contributed by atoms with Crippen molar-refractivity contribution in [3.8, 4) is 0 Å². The highest BCUT2D eigenvalue weighted by atomic mass is 35.5. The van der Waals surface area contributed by atoms with Crippen LogP contribution in [0.15, 0.2) is 6.07 Å². The molecule has 0 bridgehead atoms. The monoisotopic (exact) mass is 393 g/mol. The molecule has 0 radical (unpaired) electrons. The van der Waals surface area contributed by atoms with Crippen LogP contribution in [-0.2, 0) is 9.53 Å². The minimum Gasteiger partial charge on any atom is -0.383 e. The van der Waals surface area contributed by atoms with Gasteiger partial charge in [0.05, 0.1) is 6.61 Å². The van der Waals surface area contributed by atoms with Crippen molar-refractivity contribution in [2.24, 2.45) is 5.73 Å². The number of amides is 1. The van der Waals surface area contributed by atoms with Crippen LogP contribution in [-0.4, -0.2) is 66.7 Å². The molecule has 2 rings (SSSR count). The molecular weight excluding hydrogens is 365 g/mol. The Morgan fingerprint density at radius 3 is 2.36 bits per heavy atom. The maximum Gasteiger partial charge on any atom is 0.241 e. The van der Waals surface area contributed by atoms with E-state index in [4.69, 9.17) is 10.5 Å². The molecule has 1 amide bonds. The second-order valence-corrected chi connectivity index (χ2v) is 6.25. The number of aryl methyl sites for hydroxylation is 1. The zero-order chi connectivity index (χ0) is 17.0. The fraction of sp³-hybridized carbons (Fsp3) is 0.688. The molecule has 1 aliphatic rings. The van der Waals surface area contributed by atoms with Gasteiger partial charge in [-0.05, 0) is 6.92 Å². The Morgan fingerprint density at radius 2 is 1.84 bits per heavy atom. The first kappa shape index (κ1) is 23.9. The standard InChI is InChI=1S/C16H27N5O2.2ClH/c1-11(2)15-18-12(3)9-14(19-15)20-5-7-21(8-6-20)16(22)13(17)10-23-4;;/h9,11,13H,5-8,10,17H2,1-4H3;2*1H. The van der Waals surface area contributed by atoms with Crippen LogP contribution in [0.2, 0.25) is 0 Å². The quantitative estimate of drug-likeness (QED) is 0.812. The molecular formula is C16H29Cl2N5O2. The van der Waals surface area contributed by atoms with Crippen molar-refractivity contribution in [1.29, 1.82) is 0 Å². The zero-order valence-corrected chi connectivity index (χ0v) is 16.9. The summed E-state index contributed by atoms with van der Waals surface area (Å²) in [5.74, 6) is 2.05. The number of carbonyl (C=O) groups excluding carboxylic acids is 1. The van der Waals surface area contributed by atoms with Gasteiger partial charge in [-0.15, -0.1) is 24.8 Å². The molecule has 2 heterocycles. The molecule has 0 aromatic carbocycles. The third-order valence-corrected chi connectivity index (χ3v) is 3.95. The van der Waals surface area contributed by atoms with Crippen molar-refractivity contribution >= 4 is 36.5 Å². The fourth-order valence-corrected chi connectivity index (χ4v) is 2.64. The summed E-state index contributed by atoms with van der Waals surface area (Å²) in [5, 5.41) is 0. The number of nitrogens with two attached hydrogens (primary N) is 1. The Balaban J connectivity index is 0.00000288. The first-order chi connectivity index (χ1) is 10.9. The second-order valence-electron chi connectivity index (χ2n) is 6.25. The topological polar surface area (TPSA) is 84.6 Å². The molecule has 1 aromatic heterocycles. The lowest BCUT2D eigenvalue weighted by Crippen LogP contribution is -2.54. The number of carbonyl (C=O) groups is 1. The summed E-state index contributed by atoms with van der Waals surface area (Å²) in [5.41, 5.74) is 6.80. The maximum atomic E-state index is 12.2. The third kappa shape index (κ3) is 6.26. The molecule has 1 aliphatic heterocycles. The number of anilines is 1. The van der Waals surface area contributed by atoms with Crippen molar-refractivity contribution < 1.29 is 9.53 Å². The highest BCUT2D eigenvalue weighted by molar-refractivity contribution is 5.85. The van der Waals surface area contributed by atoms with Gasteiger partial charge < -0.3 is 20.3 Å². The summed E-state index contributed by atoms with van der Waals surface area (Å²) >= 11 is 0. The van der Waals surface area contributed by atoms with Crippen LogP contribution in [0.4, 0.5) is 5.82 Å². The number of rotatable bonds is 5. The molecule has 0 saturated carbocycles. The summed E-state index contributed by atoms with van der Waals surface area (Å²) < 4.78 is 4.95. The van der Waals surface area contributed by atoms with E-state index in [0.717, 1.165) is 30.4 Å². The number of nitrogens with zero attached hydrogens (tertiary/aromatic N) is 4. The van der Waals surface area contributed by atoms with Gasteiger partial charge >= 0.3 is 0 Å². The molecule has 0 spiro atoms. The summed E-state index contributed by atoms with van der Waals surface area (Å²) in [6.07, 6.45) is 0. The van der Waals surface area contributed by atoms with Crippen molar-refractivity contribution in [3.05, 3.63) is 17.6 Å². The zero-order valence-electron chi connectivity index (χ0n) is 15.3. The van der Waals surface area contributed by atoms with Crippen molar-refractivity contribution in [2.45, 2.75) is 32.7 Å². The van der Waals surface area contributed by atoms with Gasteiger partial charge in [-0.2, -0.15) is 0 Å². The summed E-state index contributed by atoms with van der Waals surface area (Å²) in [7, 11) is 1.55. The van der Waals surface area contributed by atoms with Crippen LogP contribution >= 0.6 is 24.8 Å². The van der Waals surface area contributed by atoms with E-state index in [9.17, 15) is 4.79 Å². The Morgan fingerprint density at radius 1 is 1.24 bits per heavy atom. The Kier molecular flexibility index (Phi) is 10.3. The van der Waals surface area contributed by atoms with E-state index < -0.39 is 6.04 Å². The maximum absolute atomic E-state index is 12.2. The number of methoxy groups -OCH3 is 1. The summed E-state index contributed by atoms with van der Waals surface area (Å²) in [6.45, 7) is 9.21. The Labute approximate surface area is 162 Å². The van der Waals surface area contributed by atoms with E-state index in [2.05, 4.69) is 28.7 Å². The predicted molar refractivity (Wildman–Crippen MR) is 104 cm³/mol. The predicted octanol–water partition coefficient (Wildman–Crippen LogP) is 1.37. The normalized spacial score (nSPS) is 15.4. The van der Waals surface area contributed by atoms with Gasteiger partial charge in [-0.3, -0.25) is 4.79 Å². The molecule has 1 atom stereocenters. The van der Waals surface area contributed by atoms with E-state index in [0.29, 0.717) is 19.0 Å². The first-order valence-electron chi connectivity index (χ1n) is 8.06. The van der Waals surface area contributed by atoms with Crippen LogP contribution in [0.25, 0.3) is 0 Å². The highest BCUT2D eigenvalue weighted by Gasteiger charge is 2.26. The van der Waals surface area contributed by atoms with E-state index in [1.54, 1.807) is 12.0 Å². The third-order valence-electron chi connectivity index (χ3n) is 3.95. The lowest BCUT2D eigenvalue weighted by Gasteiger charge is -2.36. The average Bonchev–Trinajstić information content (AvgIpc) is 2.54. The minimum atomic E-state index is -0.583. The Hall–Kier alpha value is -1.15. The van der Waals surface area contributed by atoms with Gasteiger partial charge in [0.1, 0.15) is 17.7 Å². The lowest BCUT2D eigenvalue weighted by atomic mass is 10.2. The average molecular weight is 394 g/mol. The van der Waals surface area contributed by atoms with Crippen molar-refractivity contribution in [2.75, 3.05) is 44.8 Å². The number of hydrogen-bond acceptors (Lipinski definition) is 6. The van der Waals surface area contributed by atoms with Gasteiger partial charge in [0.25, 0.3) is 0 Å². The molecule has 1 saturated heterocycles. The molecule has 1 aromatic rings. The van der Waals surface area contributed by atoms with Crippen molar-refractivity contribution in [1.82, 2.24) is 14.9 Å². The Bertz CT molecular complexity index is 551. The van der Waals surface area contributed by atoms with Crippen molar-refractivity contribution in [3.63, 3.8) is 0 Å². The van der Waals surface area contributed by atoms with Crippen LogP contribution in [0.3, 0.4) is 0 Å². The largest absolute Gasteiger partial charge is 0.383 e. The molecule has 1 unspecified atom stereocenters. The van der Waals surface area contributed by atoms with E-state index in [1.807, 2.05) is 13.0 Å². The molecule has 9 heteroatoms. The van der Waals surface area contributed by atoms with Gasteiger partial charge in [0, 0.05) is 51.0 Å². The molecule has 1 fully saturated rings. The molecule has 7 nitrogen and oxygen atoms in total. The first-order valence-corrected chi connectivity index (χ1v) is 8.06. The number of halogens is 2. The van der Waals surface area contributed by atoms with Gasteiger partial charge in [0.2, 0.25) is 5.91 Å². The van der Waals surface area contributed by atoms with Gasteiger partial charge in [0.15, 0.2) is 0 Å². The smallest absolute Gasteiger partial charge is 0.241 e. The number of aromatic nitrogens is 2. The minimum absolute atomic E-state index is 0. The SMILES string of the molecule is COCC(N)C(=O)N1CCN(c2cc(C)nc(C(C)C)n2)CC1.Cl.Cl. The van der Waals surface area contributed by atoms with Gasteiger partial charge in [-0.1, -0.05) is 13.8 Å². The van der Waals surface area contributed by atoms with E-state index >= 15 is 0 Å². The van der Waals surface area contributed by atoms with Crippen LogP contribution in [0, 0.1) is 6.92 Å². The summed E-state index contributed by atoms with van der Waals surface area (Å²) in [4.78, 5) is 25.3. The number of hydrogen-bond donors (Lipinski definition) is 1. The summed E-state index contributed by atoms with van der Waals surface area (Å²) in [6, 6.07) is 1.42. The van der Waals surface area contributed by atoms with Crippen LogP contribution in [0.5, 0.6) is 0 Å². The van der Waals surface area contributed by atoms with Gasteiger partial charge in [-0.25, -0.2) is 9.97 Å².